The molecule has 7 heteroatoms. The highest BCUT2D eigenvalue weighted by molar-refractivity contribution is 5.99. The van der Waals surface area contributed by atoms with Gasteiger partial charge in [-0.15, -0.1) is 0 Å². The predicted octanol–water partition coefficient (Wildman–Crippen LogP) is 3.07. The van der Waals surface area contributed by atoms with E-state index in [0.29, 0.717) is 18.7 Å². The number of ether oxygens (including phenoxy) is 1. The van der Waals surface area contributed by atoms with Gasteiger partial charge in [-0.1, -0.05) is 31.2 Å². The molecule has 2 aliphatic rings. The average Bonchev–Trinajstić information content (AvgIpc) is 3.10. The Labute approximate surface area is 189 Å². The summed E-state index contributed by atoms with van der Waals surface area (Å²) in [5.74, 6) is 0.0829. The number of amides is 2. The van der Waals surface area contributed by atoms with E-state index in [-0.39, 0.29) is 18.0 Å². The van der Waals surface area contributed by atoms with Gasteiger partial charge >= 0.3 is 0 Å². The summed E-state index contributed by atoms with van der Waals surface area (Å²) in [4.78, 5) is 32.2. The average molecular weight is 437 g/mol. The second-order valence-corrected chi connectivity index (χ2v) is 8.29. The summed E-state index contributed by atoms with van der Waals surface area (Å²) in [6.07, 6.45) is 0.491. The van der Waals surface area contributed by atoms with Crippen molar-refractivity contribution in [3.05, 3.63) is 65.2 Å². The Bertz CT molecular complexity index is 956. The number of carbonyl (C=O) groups excluding carboxylic acids is 2. The topological polar surface area (TPSA) is 65.1 Å². The quantitative estimate of drug-likeness (QED) is 0.645. The number of hydrogen-bond acceptors (Lipinski definition) is 5. The van der Waals surface area contributed by atoms with Crippen molar-refractivity contribution in [2.24, 2.45) is 0 Å². The first kappa shape index (κ1) is 22.3. The first-order valence-electron chi connectivity index (χ1n) is 11.4. The van der Waals surface area contributed by atoms with Crippen LogP contribution >= 0.6 is 0 Å². The second-order valence-electron chi connectivity index (χ2n) is 8.29. The maximum absolute atomic E-state index is 13.1. The van der Waals surface area contributed by atoms with Crippen LogP contribution in [0, 0.1) is 0 Å². The van der Waals surface area contributed by atoms with Gasteiger partial charge in [0.15, 0.2) is 0 Å². The predicted molar refractivity (Wildman–Crippen MR) is 125 cm³/mol. The Hall–Kier alpha value is -2.90. The molecule has 4 rings (SSSR count). The van der Waals surface area contributed by atoms with Crippen LogP contribution in [0.25, 0.3) is 0 Å². The number of anilines is 1. The molecule has 2 aromatic carbocycles. The molecule has 2 aromatic rings. The van der Waals surface area contributed by atoms with Gasteiger partial charge in [-0.05, 0) is 37.2 Å². The fraction of sp³-hybridized carbons (Fsp3) is 0.440. The lowest BCUT2D eigenvalue weighted by Gasteiger charge is -2.34. The third kappa shape index (κ3) is 4.64. The minimum atomic E-state index is -0.269. The zero-order valence-electron chi connectivity index (χ0n) is 18.9. The Kier molecular flexibility index (Phi) is 7.07. The number of fused-ring (bicyclic) bond motifs is 1. The van der Waals surface area contributed by atoms with Gasteiger partial charge < -0.3 is 24.8 Å². The first-order chi connectivity index (χ1) is 15.6. The molecule has 0 aliphatic carbocycles. The van der Waals surface area contributed by atoms with Gasteiger partial charge in [0.05, 0.1) is 0 Å². The highest BCUT2D eigenvalue weighted by Crippen LogP contribution is 2.34. The van der Waals surface area contributed by atoms with Crippen LogP contribution in [-0.2, 0) is 4.74 Å². The molecule has 2 aliphatic heterocycles. The number of nitrogens with one attached hydrogen (secondary N) is 1. The molecule has 1 saturated heterocycles. The normalized spacial score (nSPS) is 18.7. The van der Waals surface area contributed by atoms with E-state index in [9.17, 15) is 9.59 Å². The minimum Gasteiger partial charge on any atom is -0.385 e. The molecule has 0 saturated carbocycles. The summed E-state index contributed by atoms with van der Waals surface area (Å²) >= 11 is 0. The number of nitrogens with zero attached hydrogens (tertiary/aromatic N) is 3. The number of benzene rings is 2. The van der Waals surface area contributed by atoms with Crippen LogP contribution in [0.5, 0.6) is 0 Å². The Morgan fingerprint density at radius 1 is 1.09 bits per heavy atom. The highest BCUT2D eigenvalue weighted by atomic mass is 16.5. The zero-order valence-corrected chi connectivity index (χ0v) is 18.9. The van der Waals surface area contributed by atoms with Crippen molar-refractivity contribution in [3.63, 3.8) is 0 Å². The number of hydrogen-bond donors (Lipinski definition) is 1. The Morgan fingerprint density at radius 2 is 1.88 bits per heavy atom. The van der Waals surface area contributed by atoms with E-state index < -0.39 is 0 Å². The van der Waals surface area contributed by atoms with E-state index in [1.165, 1.54) is 0 Å². The largest absolute Gasteiger partial charge is 0.385 e. The van der Waals surface area contributed by atoms with Gasteiger partial charge in [-0.2, -0.15) is 0 Å². The molecule has 0 bridgehead atoms. The summed E-state index contributed by atoms with van der Waals surface area (Å²) < 4.78 is 5.18. The van der Waals surface area contributed by atoms with Crippen LogP contribution in [0.2, 0.25) is 0 Å². The fourth-order valence-electron chi connectivity index (χ4n) is 4.49. The molecule has 0 radical (unpaired) electrons. The van der Waals surface area contributed by atoms with Crippen molar-refractivity contribution in [1.82, 2.24) is 14.7 Å². The van der Waals surface area contributed by atoms with Gasteiger partial charge in [-0.25, -0.2) is 0 Å². The molecule has 0 aromatic heterocycles. The van der Waals surface area contributed by atoms with Crippen LogP contribution in [0.15, 0.2) is 48.5 Å². The van der Waals surface area contributed by atoms with E-state index in [2.05, 4.69) is 17.1 Å². The Balaban J connectivity index is 1.51. The fourth-order valence-corrected chi connectivity index (χ4v) is 4.49. The lowest BCUT2D eigenvalue weighted by Crippen LogP contribution is -2.48. The molecule has 1 unspecified atom stereocenters. The van der Waals surface area contributed by atoms with Crippen molar-refractivity contribution in [2.75, 3.05) is 58.3 Å². The molecule has 1 atom stereocenters. The lowest BCUT2D eigenvalue weighted by molar-refractivity contribution is 0.0642. The SMILES string of the molecule is CCN1CCN(C(=O)c2cccc(NC3c4ccccc4C(=O)N3CCCOC)c2)CC1. The van der Waals surface area contributed by atoms with Gasteiger partial charge in [0.25, 0.3) is 11.8 Å². The van der Waals surface area contributed by atoms with Gasteiger partial charge in [0.1, 0.15) is 6.17 Å². The zero-order chi connectivity index (χ0) is 22.5. The molecule has 2 heterocycles. The van der Waals surface area contributed by atoms with Crippen LogP contribution < -0.4 is 5.32 Å². The number of likely N-dealkylation sites (N-methyl/N-ethyl adjacent to an activating group) is 1. The maximum atomic E-state index is 13.1. The third-order valence-electron chi connectivity index (χ3n) is 6.33. The summed E-state index contributed by atoms with van der Waals surface area (Å²) in [5.41, 5.74) is 3.18. The van der Waals surface area contributed by atoms with Crippen LogP contribution in [-0.4, -0.2) is 79.5 Å². The molecule has 32 heavy (non-hydrogen) atoms. The van der Waals surface area contributed by atoms with E-state index in [1.54, 1.807) is 7.11 Å². The molecular formula is C25H32N4O3. The van der Waals surface area contributed by atoms with Crippen molar-refractivity contribution < 1.29 is 14.3 Å². The van der Waals surface area contributed by atoms with Crippen LogP contribution in [0.4, 0.5) is 5.69 Å². The minimum absolute atomic E-state index is 0.0234. The number of carbonyl (C=O) groups is 2. The molecule has 1 fully saturated rings. The van der Waals surface area contributed by atoms with Gasteiger partial charge in [-0.3, -0.25) is 9.59 Å². The highest BCUT2D eigenvalue weighted by Gasteiger charge is 2.36. The second kappa shape index (κ2) is 10.1. The third-order valence-corrected chi connectivity index (χ3v) is 6.33. The van der Waals surface area contributed by atoms with Crippen molar-refractivity contribution >= 4 is 17.5 Å². The van der Waals surface area contributed by atoms with Crippen molar-refractivity contribution in [1.29, 1.82) is 0 Å². The summed E-state index contributed by atoms with van der Waals surface area (Å²) in [5, 5.41) is 3.50. The van der Waals surface area contributed by atoms with Crippen LogP contribution in [0.1, 0.15) is 45.8 Å². The first-order valence-corrected chi connectivity index (χ1v) is 11.4. The summed E-state index contributed by atoms with van der Waals surface area (Å²) in [6.45, 7) is 7.70. The molecule has 1 N–H and O–H groups in total. The standard InChI is InChI=1S/C25H32N4O3/c1-3-27-13-15-28(16-14-27)24(30)19-8-6-9-20(18-19)26-23-21-10-4-5-11-22(21)25(31)29(23)12-7-17-32-2/h4-6,8-11,18,23,26H,3,7,12-17H2,1-2H3. The van der Waals surface area contributed by atoms with Gasteiger partial charge in [0, 0.05) is 68.8 Å². The van der Waals surface area contributed by atoms with E-state index in [4.69, 9.17) is 4.74 Å². The number of rotatable bonds is 8. The number of methoxy groups -OCH3 is 1. The van der Waals surface area contributed by atoms with Crippen molar-refractivity contribution in [2.45, 2.75) is 19.5 Å². The smallest absolute Gasteiger partial charge is 0.256 e. The molecule has 0 spiro atoms. The molecular weight excluding hydrogens is 404 g/mol. The molecule has 2 amide bonds. The van der Waals surface area contributed by atoms with E-state index in [0.717, 1.165) is 56.0 Å². The Morgan fingerprint density at radius 3 is 2.62 bits per heavy atom. The summed E-state index contributed by atoms with van der Waals surface area (Å²) in [7, 11) is 1.67. The van der Waals surface area contributed by atoms with Gasteiger partial charge in [0.2, 0.25) is 0 Å². The molecule has 7 nitrogen and oxygen atoms in total. The summed E-state index contributed by atoms with van der Waals surface area (Å²) in [6, 6.07) is 15.3. The monoisotopic (exact) mass is 436 g/mol. The van der Waals surface area contributed by atoms with E-state index in [1.807, 2.05) is 58.3 Å². The maximum Gasteiger partial charge on any atom is 0.256 e. The van der Waals surface area contributed by atoms with Crippen LogP contribution in [0.3, 0.4) is 0 Å². The van der Waals surface area contributed by atoms with Crippen molar-refractivity contribution in [3.8, 4) is 0 Å². The molecule has 170 valence electrons. The number of piperazine rings is 1. The lowest BCUT2D eigenvalue weighted by atomic mass is 10.1. The van der Waals surface area contributed by atoms with E-state index >= 15 is 0 Å².